The van der Waals surface area contributed by atoms with Gasteiger partial charge in [0.25, 0.3) is 0 Å². The fourth-order valence-electron chi connectivity index (χ4n) is 1.32. The van der Waals surface area contributed by atoms with Crippen LogP contribution in [-0.2, 0) is 14.8 Å². The van der Waals surface area contributed by atoms with Crippen LogP contribution in [0.5, 0.6) is 0 Å². The summed E-state index contributed by atoms with van der Waals surface area (Å²) < 4.78 is 31.2. The van der Waals surface area contributed by atoms with E-state index >= 15 is 0 Å². The summed E-state index contributed by atoms with van der Waals surface area (Å²) in [6.45, 7) is 3.62. The monoisotopic (exact) mass is 273 g/mol. The zero-order valence-corrected chi connectivity index (χ0v) is 11.6. The molecule has 18 heavy (non-hydrogen) atoms. The van der Waals surface area contributed by atoms with Gasteiger partial charge in [0.1, 0.15) is 0 Å². The molecule has 0 aliphatic rings. The van der Waals surface area contributed by atoms with Crippen LogP contribution in [0.15, 0.2) is 29.2 Å². The largest absolute Gasteiger partial charge is 0.389 e. The Labute approximate surface area is 108 Å². The van der Waals surface area contributed by atoms with Crippen molar-refractivity contribution in [3.05, 3.63) is 29.8 Å². The Morgan fingerprint density at radius 3 is 2.28 bits per heavy atom. The Kier molecular flexibility index (Phi) is 5.28. The van der Waals surface area contributed by atoms with Gasteiger partial charge in [0, 0.05) is 13.7 Å². The maximum atomic E-state index is 11.9. The molecule has 0 amide bonds. The second-order valence-corrected chi connectivity index (χ2v) is 5.91. The molecule has 5 nitrogen and oxygen atoms in total. The minimum atomic E-state index is -3.52. The Morgan fingerprint density at radius 2 is 1.83 bits per heavy atom. The lowest BCUT2D eigenvalue weighted by Crippen LogP contribution is -2.31. The number of benzene rings is 1. The molecule has 6 heteroatoms. The molecule has 0 radical (unpaired) electrons. The van der Waals surface area contributed by atoms with Crippen LogP contribution < -0.4 is 4.72 Å². The quantitative estimate of drug-likeness (QED) is 0.812. The molecule has 0 aliphatic carbocycles. The number of aliphatic hydroxyl groups is 1. The number of nitrogens with one attached hydrogen (secondary N) is 1. The van der Waals surface area contributed by atoms with E-state index in [1.165, 1.54) is 19.2 Å². The molecular formula is C12H19NO4S. The highest BCUT2D eigenvalue weighted by Crippen LogP contribution is 2.15. The Hall–Kier alpha value is -0.950. The minimum absolute atomic E-state index is 0.176. The number of hydrogen-bond acceptors (Lipinski definition) is 4. The molecule has 1 rings (SSSR count). The van der Waals surface area contributed by atoms with E-state index in [2.05, 4.69) is 4.72 Å². The van der Waals surface area contributed by atoms with Gasteiger partial charge >= 0.3 is 0 Å². The number of aliphatic hydroxyl groups excluding tert-OH is 1. The summed E-state index contributed by atoms with van der Waals surface area (Å²) in [5, 5.41) is 9.34. The first-order chi connectivity index (χ1) is 8.36. The summed E-state index contributed by atoms with van der Waals surface area (Å²) >= 11 is 0. The molecular weight excluding hydrogens is 254 g/mol. The molecule has 0 heterocycles. The van der Waals surface area contributed by atoms with Gasteiger partial charge in [-0.1, -0.05) is 12.1 Å². The lowest BCUT2D eigenvalue weighted by molar-refractivity contribution is 0.122. The highest BCUT2D eigenvalue weighted by Gasteiger charge is 2.15. The first kappa shape index (κ1) is 15.1. The van der Waals surface area contributed by atoms with Crippen molar-refractivity contribution in [2.24, 2.45) is 0 Å². The van der Waals surface area contributed by atoms with Crippen LogP contribution in [0.2, 0.25) is 0 Å². The number of hydrogen-bond donors (Lipinski definition) is 2. The standard InChI is InChI=1S/C12H19NO4S/c1-9(17-3)8-13-18(15,16)12-6-4-11(5-7-12)10(2)14/h4-7,9-10,13-14H,8H2,1-3H3. The van der Waals surface area contributed by atoms with Crippen LogP contribution >= 0.6 is 0 Å². The molecule has 1 aromatic rings. The van der Waals surface area contributed by atoms with Crippen molar-refractivity contribution < 1.29 is 18.3 Å². The smallest absolute Gasteiger partial charge is 0.240 e. The maximum Gasteiger partial charge on any atom is 0.240 e. The normalized spacial score (nSPS) is 15.3. The van der Waals surface area contributed by atoms with Gasteiger partial charge in [-0.15, -0.1) is 0 Å². The Morgan fingerprint density at radius 1 is 1.28 bits per heavy atom. The van der Waals surface area contributed by atoms with E-state index in [0.717, 1.165) is 0 Å². The molecule has 1 aromatic carbocycles. The molecule has 0 fully saturated rings. The van der Waals surface area contributed by atoms with Gasteiger partial charge in [-0.25, -0.2) is 13.1 Å². The molecule has 102 valence electrons. The van der Waals surface area contributed by atoms with Gasteiger partial charge in [-0.2, -0.15) is 0 Å². The van der Waals surface area contributed by atoms with E-state index in [9.17, 15) is 13.5 Å². The van der Waals surface area contributed by atoms with E-state index in [-0.39, 0.29) is 17.5 Å². The molecule has 0 aliphatic heterocycles. The fourth-order valence-corrected chi connectivity index (χ4v) is 2.43. The van der Waals surface area contributed by atoms with Crippen molar-refractivity contribution in [3.63, 3.8) is 0 Å². The van der Waals surface area contributed by atoms with Gasteiger partial charge in [0.2, 0.25) is 10.0 Å². The summed E-state index contributed by atoms with van der Waals surface area (Å²) in [7, 11) is -2.00. The van der Waals surface area contributed by atoms with E-state index < -0.39 is 16.1 Å². The third kappa shape index (κ3) is 4.06. The number of rotatable bonds is 6. The average Bonchev–Trinajstić information content (AvgIpc) is 2.36. The van der Waals surface area contributed by atoms with E-state index in [1.54, 1.807) is 26.0 Å². The third-order valence-electron chi connectivity index (χ3n) is 2.64. The predicted molar refractivity (Wildman–Crippen MR) is 68.7 cm³/mol. The van der Waals surface area contributed by atoms with E-state index in [1.807, 2.05) is 0 Å². The van der Waals surface area contributed by atoms with Gasteiger partial charge in [-0.05, 0) is 31.5 Å². The molecule has 0 saturated carbocycles. The lowest BCUT2D eigenvalue weighted by Gasteiger charge is -2.12. The summed E-state index contributed by atoms with van der Waals surface area (Å²) in [6, 6.07) is 6.14. The van der Waals surface area contributed by atoms with Crippen molar-refractivity contribution in [1.29, 1.82) is 0 Å². The summed E-state index contributed by atoms with van der Waals surface area (Å²) in [4.78, 5) is 0.176. The average molecular weight is 273 g/mol. The SMILES string of the molecule is COC(C)CNS(=O)(=O)c1ccc(C(C)O)cc1. The lowest BCUT2D eigenvalue weighted by atomic mass is 10.1. The number of sulfonamides is 1. The molecule has 2 atom stereocenters. The summed E-state index contributed by atoms with van der Waals surface area (Å²) in [5.41, 5.74) is 0.680. The molecule has 0 spiro atoms. The van der Waals surface area contributed by atoms with E-state index in [4.69, 9.17) is 4.74 Å². The fraction of sp³-hybridized carbons (Fsp3) is 0.500. The maximum absolute atomic E-state index is 11.9. The van der Waals surface area contributed by atoms with Crippen LogP contribution in [0.1, 0.15) is 25.5 Å². The molecule has 2 N–H and O–H groups in total. The topological polar surface area (TPSA) is 75.6 Å². The third-order valence-corrected chi connectivity index (χ3v) is 4.08. The van der Waals surface area contributed by atoms with E-state index in [0.29, 0.717) is 5.56 Å². The molecule has 0 bridgehead atoms. The molecule has 0 aromatic heterocycles. The van der Waals surface area contributed by atoms with Crippen molar-refractivity contribution in [3.8, 4) is 0 Å². The first-order valence-electron chi connectivity index (χ1n) is 5.67. The minimum Gasteiger partial charge on any atom is -0.389 e. The van der Waals surface area contributed by atoms with Gasteiger partial charge in [0.05, 0.1) is 17.1 Å². The second kappa shape index (κ2) is 6.29. The van der Waals surface area contributed by atoms with Crippen molar-refractivity contribution >= 4 is 10.0 Å². The Bertz CT molecular complexity index is 467. The number of ether oxygens (including phenoxy) is 1. The predicted octanol–water partition coefficient (Wildman–Crippen LogP) is 1.05. The highest BCUT2D eigenvalue weighted by molar-refractivity contribution is 7.89. The second-order valence-electron chi connectivity index (χ2n) is 4.14. The highest BCUT2D eigenvalue weighted by atomic mass is 32.2. The zero-order chi connectivity index (χ0) is 13.8. The molecule has 2 unspecified atom stereocenters. The first-order valence-corrected chi connectivity index (χ1v) is 7.15. The van der Waals surface area contributed by atoms with Crippen molar-refractivity contribution in [2.75, 3.05) is 13.7 Å². The van der Waals surface area contributed by atoms with Crippen LogP contribution in [-0.4, -0.2) is 33.3 Å². The van der Waals surface area contributed by atoms with Crippen LogP contribution in [0.3, 0.4) is 0 Å². The van der Waals surface area contributed by atoms with Gasteiger partial charge < -0.3 is 9.84 Å². The van der Waals surface area contributed by atoms with Gasteiger partial charge in [-0.3, -0.25) is 0 Å². The molecule has 0 saturated heterocycles. The summed E-state index contributed by atoms with van der Waals surface area (Å²) in [6.07, 6.45) is -0.792. The zero-order valence-electron chi connectivity index (χ0n) is 10.8. The number of methoxy groups -OCH3 is 1. The van der Waals surface area contributed by atoms with Crippen LogP contribution in [0.25, 0.3) is 0 Å². The van der Waals surface area contributed by atoms with Crippen molar-refractivity contribution in [2.45, 2.75) is 31.0 Å². The van der Waals surface area contributed by atoms with Gasteiger partial charge in [0.15, 0.2) is 0 Å². The van der Waals surface area contributed by atoms with Crippen molar-refractivity contribution in [1.82, 2.24) is 4.72 Å². The summed E-state index contributed by atoms with van der Waals surface area (Å²) in [5.74, 6) is 0. The van der Waals surface area contributed by atoms with Crippen LogP contribution in [0, 0.1) is 0 Å². The van der Waals surface area contributed by atoms with Crippen LogP contribution in [0.4, 0.5) is 0 Å². The Balaban J connectivity index is 2.79.